The second-order valence-corrected chi connectivity index (χ2v) is 6.52. The zero-order valence-electron chi connectivity index (χ0n) is 11.9. The summed E-state index contributed by atoms with van der Waals surface area (Å²) >= 11 is 2.18. The monoisotopic (exact) mass is 402 g/mol. The molecule has 1 saturated heterocycles. The van der Waals surface area contributed by atoms with E-state index in [1.807, 2.05) is 31.2 Å². The van der Waals surface area contributed by atoms with E-state index in [1.54, 1.807) is 4.90 Å². The molecular formula is C15H19IN2O3. The van der Waals surface area contributed by atoms with Crippen molar-refractivity contribution in [2.45, 2.75) is 31.7 Å². The maximum atomic E-state index is 12.2. The normalized spacial score (nSPS) is 22.2. The Morgan fingerprint density at radius 1 is 1.48 bits per heavy atom. The van der Waals surface area contributed by atoms with Crippen LogP contribution in [-0.4, -0.2) is 40.5 Å². The number of nitrogens with zero attached hydrogens (tertiary/aromatic N) is 1. The van der Waals surface area contributed by atoms with Crippen LogP contribution >= 0.6 is 22.6 Å². The van der Waals surface area contributed by atoms with Gasteiger partial charge in [0, 0.05) is 9.26 Å². The molecule has 1 heterocycles. The summed E-state index contributed by atoms with van der Waals surface area (Å²) < 4.78 is 1.04. The SMILES string of the molecule is CCC1(C(=O)O)CCCN1CC(=O)Nc1cccc(I)c1. The van der Waals surface area contributed by atoms with E-state index in [0.717, 1.165) is 15.7 Å². The van der Waals surface area contributed by atoms with E-state index in [9.17, 15) is 14.7 Å². The first-order chi connectivity index (χ1) is 9.98. The Balaban J connectivity index is 2.03. The summed E-state index contributed by atoms with van der Waals surface area (Å²) in [5.41, 5.74) is -0.147. The lowest BCUT2D eigenvalue weighted by Gasteiger charge is -2.33. The molecule has 0 aromatic heterocycles. The predicted molar refractivity (Wildman–Crippen MR) is 89.3 cm³/mol. The number of halogens is 1. The van der Waals surface area contributed by atoms with Crippen LogP contribution in [0, 0.1) is 3.57 Å². The molecule has 114 valence electrons. The number of carboxylic acid groups (broad SMARTS) is 1. The van der Waals surface area contributed by atoms with Gasteiger partial charge in [0.2, 0.25) is 5.91 Å². The fraction of sp³-hybridized carbons (Fsp3) is 0.467. The summed E-state index contributed by atoms with van der Waals surface area (Å²) in [7, 11) is 0. The summed E-state index contributed by atoms with van der Waals surface area (Å²) in [4.78, 5) is 25.5. The van der Waals surface area contributed by atoms with Gasteiger partial charge in [-0.05, 0) is 66.6 Å². The van der Waals surface area contributed by atoms with Gasteiger partial charge in [0.15, 0.2) is 0 Å². The van der Waals surface area contributed by atoms with Crippen molar-refractivity contribution >= 4 is 40.2 Å². The molecule has 1 atom stereocenters. The predicted octanol–water partition coefficient (Wildman–Crippen LogP) is 2.56. The lowest BCUT2D eigenvalue weighted by Crippen LogP contribution is -2.52. The Labute approximate surface area is 137 Å². The van der Waals surface area contributed by atoms with Gasteiger partial charge in [-0.1, -0.05) is 13.0 Å². The topological polar surface area (TPSA) is 69.6 Å². The molecule has 1 amide bonds. The molecule has 0 spiro atoms. The molecule has 1 aromatic carbocycles. The molecule has 1 aliphatic rings. The van der Waals surface area contributed by atoms with Crippen LogP contribution in [0.15, 0.2) is 24.3 Å². The van der Waals surface area contributed by atoms with Crippen LogP contribution in [0.25, 0.3) is 0 Å². The first kappa shape index (κ1) is 16.2. The summed E-state index contributed by atoms with van der Waals surface area (Å²) in [6.45, 7) is 2.63. The zero-order valence-corrected chi connectivity index (χ0v) is 14.1. The Kier molecular flexibility index (Phi) is 5.21. The summed E-state index contributed by atoms with van der Waals surface area (Å²) in [5.74, 6) is -0.998. The van der Waals surface area contributed by atoms with Gasteiger partial charge in [-0.3, -0.25) is 14.5 Å². The first-order valence-corrected chi connectivity index (χ1v) is 8.09. The molecule has 1 fully saturated rings. The number of hydrogen-bond donors (Lipinski definition) is 2. The van der Waals surface area contributed by atoms with Crippen LogP contribution in [0.2, 0.25) is 0 Å². The van der Waals surface area contributed by atoms with Gasteiger partial charge in [-0.15, -0.1) is 0 Å². The number of rotatable bonds is 5. The Morgan fingerprint density at radius 3 is 2.86 bits per heavy atom. The van der Waals surface area contributed by atoms with Crippen molar-refractivity contribution in [3.05, 3.63) is 27.8 Å². The molecule has 1 unspecified atom stereocenters. The maximum absolute atomic E-state index is 12.2. The Morgan fingerprint density at radius 2 is 2.24 bits per heavy atom. The minimum absolute atomic E-state index is 0.117. The van der Waals surface area contributed by atoms with Gasteiger partial charge >= 0.3 is 5.97 Å². The number of amides is 1. The maximum Gasteiger partial charge on any atom is 0.324 e. The molecule has 0 bridgehead atoms. The largest absolute Gasteiger partial charge is 0.480 e. The Bertz CT molecular complexity index is 549. The van der Waals surface area contributed by atoms with E-state index in [-0.39, 0.29) is 12.5 Å². The van der Waals surface area contributed by atoms with Crippen LogP contribution in [0.4, 0.5) is 5.69 Å². The zero-order chi connectivity index (χ0) is 15.5. The third-order valence-electron chi connectivity index (χ3n) is 4.05. The fourth-order valence-electron chi connectivity index (χ4n) is 2.90. The fourth-order valence-corrected chi connectivity index (χ4v) is 3.44. The molecule has 6 heteroatoms. The molecule has 2 N–H and O–H groups in total. The molecule has 0 saturated carbocycles. The van der Waals surface area contributed by atoms with Gasteiger partial charge in [-0.25, -0.2) is 0 Å². The van der Waals surface area contributed by atoms with Crippen molar-refractivity contribution in [1.29, 1.82) is 0 Å². The number of carbonyl (C=O) groups is 2. The van der Waals surface area contributed by atoms with Crippen molar-refractivity contribution in [1.82, 2.24) is 4.90 Å². The molecule has 2 rings (SSSR count). The van der Waals surface area contributed by atoms with E-state index in [2.05, 4.69) is 27.9 Å². The average Bonchev–Trinajstić information content (AvgIpc) is 2.82. The van der Waals surface area contributed by atoms with Crippen LogP contribution in [0.3, 0.4) is 0 Å². The number of carbonyl (C=O) groups excluding carboxylic acids is 1. The lowest BCUT2D eigenvalue weighted by molar-refractivity contribution is -0.150. The number of hydrogen-bond acceptors (Lipinski definition) is 3. The molecular weight excluding hydrogens is 383 g/mol. The Hall–Kier alpha value is -1.15. The van der Waals surface area contributed by atoms with E-state index in [1.165, 1.54) is 0 Å². The van der Waals surface area contributed by atoms with Crippen molar-refractivity contribution in [2.24, 2.45) is 0 Å². The smallest absolute Gasteiger partial charge is 0.324 e. The van der Waals surface area contributed by atoms with Crippen molar-refractivity contribution in [3.8, 4) is 0 Å². The lowest BCUT2D eigenvalue weighted by atomic mass is 9.93. The van der Waals surface area contributed by atoms with Crippen LogP contribution in [-0.2, 0) is 9.59 Å². The van der Waals surface area contributed by atoms with E-state index in [0.29, 0.717) is 19.4 Å². The minimum Gasteiger partial charge on any atom is -0.480 e. The number of benzene rings is 1. The van der Waals surface area contributed by atoms with Crippen LogP contribution in [0.1, 0.15) is 26.2 Å². The second kappa shape index (κ2) is 6.74. The highest BCUT2D eigenvalue weighted by atomic mass is 127. The average molecular weight is 402 g/mol. The second-order valence-electron chi connectivity index (χ2n) is 5.27. The number of aliphatic carboxylic acids is 1. The van der Waals surface area contributed by atoms with Gasteiger partial charge in [0.1, 0.15) is 5.54 Å². The molecule has 21 heavy (non-hydrogen) atoms. The molecule has 0 radical (unpaired) electrons. The first-order valence-electron chi connectivity index (χ1n) is 7.02. The summed E-state index contributed by atoms with van der Waals surface area (Å²) in [5, 5.41) is 12.3. The van der Waals surface area contributed by atoms with Crippen LogP contribution in [0.5, 0.6) is 0 Å². The van der Waals surface area contributed by atoms with E-state index in [4.69, 9.17) is 0 Å². The van der Waals surface area contributed by atoms with Crippen molar-refractivity contribution in [3.63, 3.8) is 0 Å². The highest BCUT2D eigenvalue weighted by Gasteiger charge is 2.46. The highest BCUT2D eigenvalue weighted by molar-refractivity contribution is 14.1. The van der Waals surface area contributed by atoms with E-state index >= 15 is 0 Å². The molecule has 5 nitrogen and oxygen atoms in total. The highest BCUT2D eigenvalue weighted by Crippen LogP contribution is 2.32. The minimum atomic E-state index is -0.886. The molecule has 1 aliphatic heterocycles. The van der Waals surface area contributed by atoms with Gasteiger partial charge in [-0.2, -0.15) is 0 Å². The van der Waals surface area contributed by atoms with Crippen molar-refractivity contribution < 1.29 is 14.7 Å². The summed E-state index contributed by atoms with van der Waals surface area (Å²) in [6.07, 6.45) is 1.94. The van der Waals surface area contributed by atoms with Gasteiger partial charge < -0.3 is 10.4 Å². The molecule has 1 aromatic rings. The third-order valence-corrected chi connectivity index (χ3v) is 4.72. The molecule has 0 aliphatic carbocycles. The van der Waals surface area contributed by atoms with E-state index < -0.39 is 11.5 Å². The number of anilines is 1. The number of likely N-dealkylation sites (tertiary alicyclic amines) is 1. The number of carboxylic acids is 1. The quantitative estimate of drug-likeness (QED) is 0.743. The summed E-state index contributed by atoms with van der Waals surface area (Å²) in [6, 6.07) is 7.53. The van der Waals surface area contributed by atoms with Crippen LogP contribution < -0.4 is 5.32 Å². The number of nitrogens with one attached hydrogen (secondary N) is 1. The van der Waals surface area contributed by atoms with Gasteiger partial charge in [0.05, 0.1) is 6.54 Å². The van der Waals surface area contributed by atoms with Crippen molar-refractivity contribution in [2.75, 3.05) is 18.4 Å². The standard InChI is InChI=1S/C15H19IN2O3/c1-2-15(14(20)21)7-4-8-18(15)10-13(19)17-12-6-3-5-11(16)9-12/h3,5-6,9H,2,4,7-8,10H2,1H3,(H,17,19)(H,20,21). The third kappa shape index (κ3) is 3.55. The van der Waals surface area contributed by atoms with Gasteiger partial charge in [0.25, 0.3) is 0 Å².